The molecule has 0 atom stereocenters. The lowest BCUT2D eigenvalue weighted by atomic mass is 10.2. The Balaban J connectivity index is 2.87. The van der Waals surface area contributed by atoms with E-state index < -0.39 is 5.97 Å². The highest BCUT2D eigenvalue weighted by Gasteiger charge is 2.19. The zero-order valence-corrected chi connectivity index (χ0v) is 10.9. The highest BCUT2D eigenvalue weighted by Crippen LogP contribution is 2.34. The summed E-state index contributed by atoms with van der Waals surface area (Å²) in [5.41, 5.74) is 0.737. The number of nitrogens with zero attached hydrogens (tertiary/aromatic N) is 3. The zero-order valence-electron chi connectivity index (χ0n) is 10.1. The first kappa shape index (κ1) is 11.8. The van der Waals surface area contributed by atoms with Crippen molar-refractivity contribution in [3.63, 3.8) is 0 Å². The Bertz CT molecular complexity index is 604. The molecule has 0 unspecified atom stereocenters. The van der Waals surface area contributed by atoms with E-state index >= 15 is 0 Å². The molecule has 2 rings (SSSR count). The van der Waals surface area contributed by atoms with E-state index in [9.17, 15) is 4.79 Å². The fourth-order valence-electron chi connectivity index (χ4n) is 1.75. The van der Waals surface area contributed by atoms with Crippen LogP contribution in [0.1, 0.15) is 21.1 Å². The lowest BCUT2D eigenvalue weighted by Crippen LogP contribution is -2.12. The summed E-state index contributed by atoms with van der Waals surface area (Å²) >= 11 is 1.20. The first-order valence-corrected chi connectivity index (χ1v) is 5.91. The van der Waals surface area contributed by atoms with Gasteiger partial charge in [-0.25, -0.2) is 14.8 Å². The van der Waals surface area contributed by atoms with Crippen LogP contribution in [-0.2, 0) is 0 Å². The van der Waals surface area contributed by atoms with Gasteiger partial charge in [0, 0.05) is 14.1 Å². The number of thiophene rings is 1. The minimum Gasteiger partial charge on any atom is -0.477 e. The number of anilines is 1. The molecule has 0 saturated carbocycles. The van der Waals surface area contributed by atoms with Gasteiger partial charge in [0.05, 0.1) is 5.39 Å². The summed E-state index contributed by atoms with van der Waals surface area (Å²) in [4.78, 5) is 22.7. The molecule has 2 aromatic heterocycles. The molecular formula is C11H13N3O2S. The van der Waals surface area contributed by atoms with E-state index in [1.54, 1.807) is 6.92 Å². The van der Waals surface area contributed by atoms with Crippen molar-refractivity contribution in [3.05, 3.63) is 16.3 Å². The number of aryl methyl sites for hydroxylation is 2. The normalized spacial score (nSPS) is 10.8. The number of hydrogen-bond donors (Lipinski definition) is 1. The van der Waals surface area contributed by atoms with Gasteiger partial charge in [0.25, 0.3) is 0 Å². The molecule has 0 aliphatic rings. The number of aromatic carboxylic acids is 1. The van der Waals surface area contributed by atoms with E-state index in [-0.39, 0.29) is 0 Å². The molecule has 0 bridgehead atoms. The highest BCUT2D eigenvalue weighted by atomic mass is 32.1. The van der Waals surface area contributed by atoms with Gasteiger partial charge in [0.2, 0.25) is 0 Å². The van der Waals surface area contributed by atoms with Crippen molar-refractivity contribution in [2.24, 2.45) is 0 Å². The fraction of sp³-hybridized carbons (Fsp3) is 0.364. The van der Waals surface area contributed by atoms with Crippen LogP contribution in [0, 0.1) is 13.8 Å². The molecule has 6 heteroatoms. The van der Waals surface area contributed by atoms with Crippen LogP contribution in [0.4, 0.5) is 5.82 Å². The SMILES string of the molecule is Cc1nc(N(C)C)c2c(C)c(C(=O)O)sc2n1. The summed E-state index contributed by atoms with van der Waals surface area (Å²) in [5, 5.41) is 9.95. The number of hydrogen-bond acceptors (Lipinski definition) is 5. The van der Waals surface area contributed by atoms with Gasteiger partial charge >= 0.3 is 5.97 Å². The monoisotopic (exact) mass is 251 g/mol. The molecule has 0 aliphatic heterocycles. The summed E-state index contributed by atoms with van der Waals surface area (Å²) < 4.78 is 0. The molecule has 0 aliphatic carbocycles. The van der Waals surface area contributed by atoms with Crippen LogP contribution in [0.3, 0.4) is 0 Å². The first-order valence-electron chi connectivity index (χ1n) is 5.10. The van der Waals surface area contributed by atoms with Crippen molar-refractivity contribution in [2.45, 2.75) is 13.8 Å². The van der Waals surface area contributed by atoms with Crippen LogP contribution >= 0.6 is 11.3 Å². The zero-order chi connectivity index (χ0) is 12.7. The standard InChI is InChI=1S/C11H13N3O2S/c1-5-7-9(14(3)4)12-6(2)13-10(7)17-8(5)11(15)16/h1-4H3,(H,15,16). The summed E-state index contributed by atoms with van der Waals surface area (Å²) in [6.07, 6.45) is 0. The van der Waals surface area contributed by atoms with Gasteiger partial charge in [0.15, 0.2) is 0 Å². The number of aromatic nitrogens is 2. The molecule has 0 spiro atoms. The lowest BCUT2D eigenvalue weighted by Gasteiger charge is -2.13. The molecule has 90 valence electrons. The summed E-state index contributed by atoms with van der Waals surface area (Å²) in [6.45, 7) is 3.61. The van der Waals surface area contributed by atoms with E-state index in [0.29, 0.717) is 10.7 Å². The van der Waals surface area contributed by atoms with Crippen LogP contribution in [0.15, 0.2) is 0 Å². The third-order valence-corrected chi connectivity index (χ3v) is 3.67. The Hall–Kier alpha value is -1.69. The van der Waals surface area contributed by atoms with Gasteiger partial charge in [-0.2, -0.15) is 0 Å². The maximum absolute atomic E-state index is 11.1. The van der Waals surface area contributed by atoms with Crippen LogP contribution < -0.4 is 4.90 Å². The van der Waals surface area contributed by atoms with Crippen molar-refractivity contribution < 1.29 is 9.90 Å². The molecule has 0 fully saturated rings. The van der Waals surface area contributed by atoms with E-state index in [4.69, 9.17) is 5.11 Å². The molecular weight excluding hydrogens is 238 g/mol. The first-order chi connectivity index (χ1) is 7.91. The van der Waals surface area contributed by atoms with Crippen molar-refractivity contribution in [1.82, 2.24) is 9.97 Å². The van der Waals surface area contributed by atoms with Gasteiger partial charge < -0.3 is 10.0 Å². The molecule has 0 aromatic carbocycles. The predicted molar refractivity (Wildman–Crippen MR) is 68.2 cm³/mol. The van der Waals surface area contributed by atoms with Crippen molar-refractivity contribution >= 4 is 33.3 Å². The molecule has 5 nitrogen and oxygen atoms in total. The molecule has 0 radical (unpaired) electrons. The maximum Gasteiger partial charge on any atom is 0.346 e. The lowest BCUT2D eigenvalue weighted by molar-refractivity contribution is 0.0701. The molecule has 2 heterocycles. The third kappa shape index (κ3) is 1.84. The van der Waals surface area contributed by atoms with Crippen LogP contribution in [0.25, 0.3) is 10.2 Å². The van der Waals surface area contributed by atoms with E-state index in [2.05, 4.69) is 9.97 Å². The van der Waals surface area contributed by atoms with Gasteiger partial charge in [-0.05, 0) is 19.4 Å². The molecule has 0 amide bonds. The number of carboxylic acids is 1. The smallest absolute Gasteiger partial charge is 0.346 e. The number of rotatable bonds is 2. The minimum absolute atomic E-state index is 0.336. The van der Waals surface area contributed by atoms with Gasteiger partial charge in [0.1, 0.15) is 21.3 Å². The van der Waals surface area contributed by atoms with Crippen molar-refractivity contribution in [3.8, 4) is 0 Å². The van der Waals surface area contributed by atoms with Crippen LogP contribution in [-0.4, -0.2) is 35.1 Å². The Morgan fingerprint density at radius 1 is 1.29 bits per heavy atom. The Labute approximate surface area is 103 Å². The van der Waals surface area contributed by atoms with Gasteiger partial charge in [-0.1, -0.05) is 0 Å². The minimum atomic E-state index is -0.909. The average molecular weight is 251 g/mol. The van der Waals surface area contributed by atoms with Crippen LogP contribution in [0.5, 0.6) is 0 Å². The van der Waals surface area contributed by atoms with Crippen molar-refractivity contribution in [1.29, 1.82) is 0 Å². The van der Waals surface area contributed by atoms with Crippen molar-refractivity contribution in [2.75, 3.05) is 19.0 Å². The Kier molecular flexibility index (Phi) is 2.74. The number of fused-ring (bicyclic) bond motifs is 1. The van der Waals surface area contributed by atoms with Gasteiger partial charge in [-0.3, -0.25) is 0 Å². The predicted octanol–water partition coefficient (Wildman–Crippen LogP) is 2.07. The Morgan fingerprint density at radius 3 is 2.47 bits per heavy atom. The largest absolute Gasteiger partial charge is 0.477 e. The maximum atomic E-state index is 11.1. The second-order valence-electron chi connectivity index (χ2n) is 4.03. The second-order valence-corrected chi connectivity index (χ2v) is 5.03. The third-order valence-electron chi connectivity index (χ3n) is 2.50. The topological polar surface area (TPSA) is 66.3 Å². The fourth-order valence-corrected chi connectivity index (χ4v) is 2.81. The quantitative estimate of drug-likeness (QED) is 0.885. The van der Waals surface area contributed by atoms with Crippen LogP contribution in [0.2, 0.25) is 0 Å². The number of carbonyl (C=O) groups is 1. The molecule has 0 saturated heterocycles. The van der Waals surface area contributed by atoms with E-state index in [1.165, 1.54) is 11.3 Å². The van der Waals surface area contributed by atoms with E-state index in [0.717, 1.165) is 21.6 Å². The summed E-state index contributed by atoms with van der Waals surface area (Å²) in [6, 6.07) is 0. The highest BCUT2D eigenvalue weighted by molar-refractivity contribution is 7.20. The summed E-state index contributed by atoms with van der Waals surface area (Å²) in [5.74, 6) is 0.515. The molecule has 1 N–H and O–H groups in total. The summed E-state index contributed by atoms with van der Waals surface area (Å²) in [7, 11) is 3.78. The molecule has 2 aromatic rings. The average Bonchev–Trinajstić information content (AvgIpc) is 2.54. The number of carboxylic acid groups (broad SMARTS) is 1. The Morgan fingerprint density at radius 2 is 1.94 bits per heavy atom. The van der Waals surface area contributed by atoms with Gasteiger partial charge in [-0.15, -0.1) is 11.3 Å². The second kappa shape index (κ2) is 3.96. The molecule has 17 heavy (non-hydrogen) atoms. The van der Waals surface area contributed by atoms with E-state index in [1.807, 2.05) is 25.9 Å².